The van der Waals surface area contributed by atoms with E-state index in [0.717, 1.165) is 16.7 Å². The number of ether oxygens (including phenoxy) is 2. The first kappa shape index (κ1) is 19.4. The number of benzene rings is 3. The van der Waals surface area contributed by atoms with Crippen molar-refractivity contribution in [2.24, 2.45) is 0 Å². The Morgan fingerprint density at radius 2 is 1.73 bits per heavy atom. The second kappa shape index (κ2) is 7.83. The smallest absolute Gasteiger partial charge is 0.312 e. The van der Waals surface area contributed by atoms with Gasteiger partial charge in [0.2, 0.25) is 0 Å². The molecule has 3 N–H and O–H groups in total. The molecule has 0 aliphatic carbocycles. The van der Waals surface area contributed by atoms with Crippen LogP contribution in [0.15, 0.2) is 54.6 Å². The van der Waals surface area contributed by atoms with Crippen molar-refractivity contribution in [3.63, 3.8) is 0 Å². The summed E-state index contributed by atoms with van der Waals surface area (Å²) in [5, 5.41) is 29.5. The van der Waals surface area contributed by atoms with Crippen molar-refractivity contribution < 1.29 is 29.6 Å². The second-order valence-corrected chi connectivity index (χ2v) is 7.03. The Morgan fingerprint density at radius 3 is 2.47 bits per heavy atom. The average Bonchev–Trinajstić information content (AvgIpc) is 2.72. The number of phenolic OH excluding ortho intramolecular Hbond substituents is 3. The summed E-state index contributed by atoms with van der Waals surface area (Å²) in [6, 6.07) is 14.7. The van der Waals surface area contributed by atoms with Crippen LogP contribution in [-0.2, 0) is 4.79 Å². The molecular weight excluding hydrogens is 384 g/mol. The van der Waals surface area contributed by atoms with Crippen LogP contribution in [0.5, 0.6) is 28.7 Å². The van der Waals surface area contributed by atoms with E-state index >= 15 is 0 Å². The molecule has 0 saturated carbocycles. The Labute approximate surface area is 173 Å². The molecule has 0 fully saturated rings. The number of carbonyl (C=O) groups is 1. The predicted molar refractivity (Wildman–Crippen MR) is 112 cm³/mol. The van der Waals surface area contributed by atoms with Gasteiger partial charge in [-0.3, -0.25) is 4.79 Å². The zero-order chi connectivity index (χ0) is 21.3. The Morgan fingerprint density at radius 1 is 0.967 bits per heavy atom. The van der Waals surface area contributed by atoms with E-state index in [1.165, 1.54) is 19.2 Å². The zero-order valence-corrected chi connectivity index (χ0v) is 16.2. The highest BCUT2D eigenvalue weighted by molar-refractivity contribution is 5.82. The van der Waals surface area contributed by atoms with Gasteiger partial charge in [0.1, 0.15) is 17.2 Å². The van der Waals surface area contributed by atoms with Gasteiger partial charge in [-0.05, 0) is 47.0 Å². The van der Waals surface area contributed by atoms with Crippen LogP contribution in [-0.4, -0.2) is 28.4 Å². The van der Waals surface area contributed by atoms with E-state index in [1.54, 1.807) is 42.5 Å². The first-order valence-electron chi connectivity index (χ1n) is 9.36. The summed E-state index contributed by atoms with van der Waals surface area (Å²) >= 11 is 0. The number of carbonyl (C=O) groups excluding carboxylic acids is 1. The first-order chi connectivity index (χ1) is 14.4. The fourth-order valence-corrected chi connectivity index (χ4v) is 3.63. The molecule has 0 aromatic heterocycles. The molecular formula is C24H20O6. The number of fused-ring (bicyclic) bond motifs is 1. The lowest BCUT2D eigenvalue weighted by Crippen LogP contribution is -2.22. The standard InChI is InChI=1S/C24H20O6/c1-29-21-11-15(6-9-20(21)27)19-13-23(28)30-22-12-18(26)10-16(24(19)22)5-2-14-3-7-17(25)8-4-14/h2-12,19,25-27H,13H2,1H3. The lowest BCUT2D eigenvalue weighted by atomic mass is 9.83. The molecule has 6 nitrogen and oxygen atoms in total. The fraction of sp³-hybridized carbons (Fsp3) is 0.125. The molecule has 1 aliphatic heterocycles. The molecule has 0 radical (unpaired) electrons. The number of rotatable bonds is 4. The molecule has 3 aromatic carbocycles. The molecule has 1 unspecified atom stereocenters. The number of aromatic hydroxyl groups is 3. The summed E-state index contributed by atoms with van der Waals surface area (Å²) in [7, 11) is 1.46. The average molecular weight is 404 g/mol. The van der Waals surface area contributed by atoms with Gasteiger partial charge in [-0.1, -0.05) is 30.4 Å². The minimum Gasteiger partial charge on any atom is -0.508 e. The number of hydrogen-bond acceptors (Lipinski definition) is 6. The van der Waals surface area contributed by atoms with Gasteiger partial charge in [0.05, 0.1) is 13.5 Å². The lowest BCUT2D eigenvalue weighted by molar-refractivity contribution is -0.135. The van der Waals surface area contributed by atoms with Gasteiger partial charge in [0.25, 0.3) is 0 Å². The van der Waals surface area contributed by atoms with E-state index < -0.39 is 5.97 Å². The number of esters is 1. The van der Waals surface area contributed by atoms with E-state index in [1.807, 2.05) is 12.2 Å². The van der Waals surface area contributed by atoms with Crippen molar-refractivity contribution in [1.82, 2.24) is 0 Å². The van der Waals surface area contributed by atoms with Crippen molar-refractivity contribution in [1.29, 1.82) is 0 Å². The summed E-state index contributed by atoms with van der Waals surface area (Å²) in [5.41, 5.74) is 3.10. The van der Waals surface area contributed by atoms with Gasteiger partial charge < -0.3 is 24.8 Å². The fourth-order valence-electron chi connectivity index (χ4n) is 3.63. The van der Waals surface area contributed by atoms with Crippen LogP contribution >= 0.6 is 0 Å². The maximum atomic E-state index is 12.2. The number of phenols is 3. The highest BCUT2D eigenvalue weighted by Gasteiger charge is 2.31. The maximum Gasteiger partial charge on any atom is 0.312 e. The SMILES string of the molecule is COc1cc(C2CC(=O)Oc3cc(O)cc(C=Cc4ccc(O)cc4)c32)ccc1O. The Bertz CT molecular complexity index is 1130. The topological polar surface area (TPSA) is 96.2 Å². The molecule has 1 heterocycles. The van der Waals surface area contributed by atoms with Gasteiger partial charge in [0.15, 0.2) is 11.5 Å². The minimum absolute atomic E-state index is 0.0121. The van der Waals surface area contributed by atoms with Crippen molar-refractivity contribution in [2.75, 3.05) is 7.11 Å². The van der Waals surface area contributed by atoms with Crippen LogP contribution in [0.2, 0.25) is 0 Å². The second-order valence-electron chi connectivity index (χ2n) is 7.03. The molecule has 0 amide bonds. The molecule has 1 aliphatic rings. The van der Waals surface area contributed by atoms with Crippen molar-refractivity contribution in [2.45, 2.75) is 12.3 Å². The zero-order valence-electron chi connectivity index (χ0n) is 16.2. The van der Waals surface area contributed by atoms with Crippen LogP contribution < -0.4 is 9.47 Å². The maximum absolute atomic E-state index is 12.2. The highest BCUT2D eigenvalue weighted by Crippen LogP contribution is 2.44. The molecule has 0 saturated heterocycles. The molecule has 1 atom stereocenters. The van der Waals surface area contributed by atoms with E-state index in [-0.39, 0.29) is 29.6 Å². The van der Waals surface area contributed by atoms with Gasteiger partial charge in [-0.15, -0.1) is 0 Å². The highest BCUT2D eigenvalue weighted by atomic mass is 16.5. The summed E-state index contributed by atoms with van der Waals surface area (Å²) in [6.07, 6.45) is 3.79. The molecule has 0 bridgehead atoms. The van der Waals surface area contributed by atoms with Gasteiger partial charge >= 0.3 is 5.97 Å². The molecule has 152 valence electrons. The summed E-state index contributed by atoms with van der Waals surface area (Å²) in [6.45, 7) is 0. The lowest BCUT2D eigenvalue weighted by Gasteiger charge is -2.27. The molecule has 30 heavy (non-hydrogen) atoms. The van der Waals surface area contributed by atoms with Gasteiger partial charge in [-0.2, -0.15) is 0 Å². The third kappa shape index (κ3) is 3.80. The van der Waals surface area contributed by atoms with Crippen molar-refractivity contribution in [3.8, 4) is 28.7 Å². The van der Waals surface area contributed by atoms with Crippen LogP contribution in [0.3, 0.4) is 0 Å². The van der Waals surface area contributed by atoms with E-state index in [4.69, 9.17) is 9.47 Å². The largest absolute Gasteiger partial charge is 0.508 e. The molecule has 4 rings (SSSR count). The summed E-state index contributed by atoms with van der Waals surface area (Å²) < 4.78 is 10.6. The Kier molecular flexibility index (Phi) is 5.06. The number of methoxy groups -OCH3 is 1. The van der Waals surface area contributed by atoms with E-state index in [0.29, 0.717) is 17.1 Å². The van der Waals surface area contributed by atoms with Crippen LogP contribution in [0.1, 0.15) is 34.6 Å². The van der Waals surface area contributed by atoms with Gasteiger partial charge in [-0.25, -0.2) is 0 Å². The summed E-state index contributed by atoms with van der Waals surface area (Å²) in [4.78, 5) is 12.2. The molecule has 6 heteroatoms. The molecule has 0 spiro atoms. The molecule has 3 aromatic rings. The van der Waals surface area contributed by atoms with Crippen molar-refractivity contribution >= 4 is 18.1 Å². The normalized spacial score (nSPS) is 15.6. The van der Waals surface area contributed by atoms with E-state index in [2.05, 4.69) is 0 Å². The monoisotopic (exact) mass is 404 g/mol. The van der Waals surface area contributed by atoms with E-state index in [9.17, 15) is 20.1 Å². The minimum atomic E-state index is -0.404. The third-order valence-corrected chi connectivity index (χ3v) is 5.06. The Hall–Kier alpha value is -3.93. The quantitative estimate of drug-likeness (QED) is 0.338. The van der Waals surface area contributed by atoms with Crippen LogP contribution in [0.25, 0.3) is 12.2 Å². The van der Waals surface area contributed by atoms with Crippen molar-refractivity contribution in [3.05, 3.63) is 76.9 Å². The predicted octanol–water partition coefficient (Wildman–Crippen LogP) is 4.42. The third-order valence-electron chi connectivity index (χ3n) is 5.06. The van der Waals surface area contributed by atoms with Crippen LogP contribution in [0.4, 0.5) is 0 Å². The number of hydrogen-bond donors (Lipinski definition) is 3. The van der Waals surface area contributed by atoms with Crippen LogP contribution in [0, 0.1) is 0 Å². The van der Waals surface area contributed by atoms with Gasteiger partial charge in [0, 0.05) is 17.5 Å². The Balaban J connectivity index is 1.82. The summed E-state index contributed by atoms with van der Waals surface area (Å²) in [5.74, 6) is 0.0417. The first-order valence-corrected chi connectivity index (χ1v) is 9.36.